The van der Waals surface area contributed by atoms with Crippen molar-refractivity contribution in [2.75, 3.05) is 0 Å². The molecule has 34 heavy (non-hydrogen) atoms. The number of aryl methyl sites for hydroxylation is 1. The van der Waals surface area contributed by atoms with Crippen molar-refractivity contribution in [3.63, 3.8) is 0 Å². The average molecular weight is 495 g/mol. The monoisotopic (exact) mass is 494 g/mol. The lowest BCUT2D eigenvalue weighted by atomic mass is 9.94. The number of aliphatic imine (C=N–C) groups is 1. The van der Waals surface area contributed by atoms with Gasteiger partial charge in [-0.1, -0.05) is 37.5 Å². The van der Waals surface area contributed by atoms with Crippen LogP contribution < -0.4 is 5.14 Å². The van der Waals surface area contributed by atoms with E-state index in [2.05, 4.69) is 16.7 Å². The Morgan fingerprint density at radius 2 is 1.76 bits per heavy atom. The minimum absolute atomic E-state index is 0.0234. The molecule has 1 aliphatic heterocycles. The molecule has 0 spiro atoms. The van der Waals surface area contributed by atoms with Crippen molar-refractivity contribution in [1.29, 1.82) is 0 Å². The van der Waals surface area contributed by atoms with E-state index in [4.69, 9.17) is 10.1 Å². The van der Waals surface area contributed by atoms with Crippen LogP contribution in [0.5, 0.6) is 0 Å². The number of para-hydroxylation sites is 1. The number of carbonyl (C=O) groups excluding carboxylic acids is 1. The van der Waals surface area contributed by atoms with Crippen LogP contribution in [0.2, 0.25) is 0 Å². The maximum absolute atomic E-state index is 13.6. The number of rotatable bonds is 4. The van der Waals surface area contributed by atoms with E-state index in [0.717, 1.165) is 42.1 Å². The van der Waals surface area contributed by atoms with Crippen LogP contribution in [0, 0.1) is 0 Å². The van der Waals surface area contributed by atoms with E-state index in [1.165, 1.54) is 30.3 Å². The third-order valence-electron chi connectivity index (χ3n) is 6.38. The summed E-state index contributed by atoms with van der Waals surface area (Å²) in [5, 5.41) is 6.94. The van der Waals surface area contributed by atoms with Gasteiger partial charge in [0.15, 0.2) is 5.17 Å². The molecule has 0 radical (unpaired) electrons. The Bertz CT molecular complexity index is 1420. The number of hydrogen-bond donors (Lipinski definition) is 1. The highest BCUT2D eigenvalue weighted by atomic mass is 32.2. The molecule has 2 aliphatic rings. The van der Waals surface area contributed by atoms with E-state index in [1.54, 1.807) is 12.1 Å². The zero-order valence-corrected chi connectivity index (χ0v) is 20.5. The maximum atomic E-state index is 13.6. The fourth-order valence-corrected chi connectivity index (χ4v) is 6.24. The van der Waals surface area contributed by atoms with Gasteiger partial charge in [-0.15, -0.1) is 0 Å². The summed E-state index contributed by atoms with van der Waals surface area (Å²) in [5.74, 6) is -0.0234. The Labute approximate surface area is 203 Å². The quantitative estimate of drug-likeness (QED) is 0.529. The first kappa shape index (κ1) is 22.9. The fourth-order valence-electron chi connectivity index (χ4n) is 4.68. The van der Waals surface area contributed by atoms with Gasteiger partial charge < -0.3 is 4.57 Å². The molecule has 3 aromatic rings. The molecule has 1 aliphatic carbocycles. The van der Waals surface area contributed by atoms with Crippen LogP contribution in [0.4, 0.5) is 5.69 Å². The summed E-state index contributed by atoms with van der Waals surface area (Å²) in [6.45, 7) is 0. The van der Waals surface area contributed by atoms with Gasteiger partial charge in [0.2, 0.25) is 10.0 Å². The van der Waals surface area contributed by atoms with Gasteiger partial charge in [0, 0.05) is 35.8 Å². The lowest BCUT2D eigenvalue weighted by molar-refractivity contribution is -0.124. The molecule has 1 aromatic heterocycles. The van der Waals surface area contributed by atoms with Crippen LogP contribution in [0.1, 0.15) is 37.7 Å². The van der Waals surface area contributed by atoms with E-state index in [1.807, 2.05) is 36.4 Å². The van der Waals surface area contributed by atoms with Crippen molar-refractivity contribution in [3.8, 4) is 0 Å². The highest BCUT2D eigenvalue weighted by Crippen LogP contribution is 2.39. The highest BCUT2D eigenvalue weighted by Gasteiger charge is 2.38. The third-order valence-corrected chi connectivity index (χ3v) is 8.29. The number of sulfonamides is 1. The minimum atomic E-state index is -3.77. The van der Waals surface area contributed by atoms with Crippen LogP contribution >= 0.6 is 11.8 Å². The van der Waals surface area contributed by atoms with Crippen LogP contribution in [-0.4, -0.2) is 35.0 Å². The summed E-state index contributed by atoms with van der Waals surface area (Å²) in [4.78, 5) is 20.9. The number of benzene rings is 2. The Kier molecular flexibility index (Phi) is 6.09. The normalized spacial score (nSPS) is 20.2. The molecule has 176 valence electrons. The summed E-state index contributed by atoms with van der Waals surface area (Å²) in [6, 6.07) is 14.4. The highest BCUT2D eigenvalue weighted by molar-refractivity contribution is 8.18. The van der Waals surface area contributed by atoms with Gasteiger partial charge in [-0.3, -0.25) is 9.69 Å². The molecule has 7 nitrogen and oxygen atoms in total. The molecule has 9 heteroatoms. The SMILES string of the molecule is Cn1cc(C=C2SC(=Nc3ccc(S(N)(=O)=O)cc3)N(C3CCCCC3)C2=O)c2ccccc21. The molecule has 2 N–H and O–H groups in total. The van der Waals surface area contributed by atoms with E-state index >= 15 is 0 Å². The summed E-state index contributed by atoms with van der Waals surface area (Å²) in [7, 11) is -1.77. The van der Waals surface area contributed by atoms with Gasteiger partial charge in [0.25, 0.3) is 5.91 Å². The second-order valence-electron chi connectivity index (χ2n) is 8.72. The minimum Gasteiger partial charge on any atom is -0.350 e. The molecule has 0 atom stereocenters. The second-order valence-corrected chi connectivity index (χ2v) is 11.3. The topological polar surface area (TPSA) is 97.8 Å². The van der Waals surface area contributed by atoms with E-state index in [-0.39, 0.29) is 16.8 Å². The van der Waals surface area contributed by atoms with Crippen LogP contribution in [0.15, 0.2) is 69.5 Å². The average Bonchev–Trinajstić information content (AvgIpc) is 3.30. The smallest absolute Gasteiger partial charge is 0.267 e. The van der Waals surface area contributed by atoms with Crippen molar-refractivity contribution >= 4 is 55.5 Å². The number of amides is 1. The van der Waals surface area contributed by atoms with Crippen LogP contribution in [0.3, 0.4) is 0 Å². The maximum Gasteiger partial charge on any atom is 0.267 e. The number of nitrogens with two attached hydrogens (primary N) is 1. The Balaban J connectivity index is 1.54. The zero-order valence-electron chi connectivity index (χ0n) is 18.8. The molecule has 2 aromatic carbocycles. The van der Waals surface area contributed by atoms with Crippen LogP contribution in [-0.2, 0) is 21.9 Å². The van der Waals surface area contributed by atoms with Crippen LogP contribution in [0.25, 0.3) is 17.0 Å². The number of amidine groups is 1. The van der Waals surface area contributed by atoms with Crippen molar-refractivity contribution in [2.24, 2.45) is 17.2 Å². The van der Waals surface area contributed by atoms with Gasteiger partial charge in [-0.2, -0.15) is 0 Å². The molecule has 1 saturated carbocycles. The van der Waals surface area contributed by atoms with Crippen molar-refractivity contribution < 1.29 is 13.2 Å². The number of aromatic nitrogens is 1. The second kappa shape index (κ2) is 9.05. The number of carbonyl (C=O) groups is 1. The molecule has 1 amide bonds. The Morgan fingerprint density at radius 1 is 1.06 bits per heavy atom. The molecule has 2 fully saturated rings. The predicted octanol–water partition coefficient (Wildman–Crippen LogP) is 4.76. The van der Waals surface area contributed by atoms with E-state index < -0.39 is 10.0 Å². The standard InChI is InChI=1S/C25H26N4O3S2/c1-28-16-17(21-9-5-6-10-22(21)28)15-23-24(30)29(19-7-3-2-4-8-19)25(33-23)27-18-11-13-20(14-12-18)34(26,31)32/h5-6,9-16,19H,2-4,7-8H2,1H3,(H2,26,31,32). The fraction of sp³-hybridized carbons (Fsp3) is 0.280. The molecule has 5 rings (SSSR count). The number of hydrogen-bond acceptors (Lipinski definition) is 5. The predicted molar refractivity (Wildman–Crippen MR) is 137 cm³/mol. The zero-order chi connectivity index (χ0) is 23.9. The Morgan fingerprint density at radius 3 is 2.47 bits per heavy atom. The number of thioether (sulfide) groups is 1. The molecule has 0 unspecified atom stereocenters. The van der Waals surface area contributed by atoms with Crippen molar-refractivity contribution in [2.45, 2.75) is 43.0 Å². The summed E-state index contributed by atoms with van der Waals surface area (Å²) >= 11 is 1.37. The molecule has 0 bridgehead atoms. The van der Waals surface area contributed by atoms with Gasteiger partial charge in [0.1, 0.15) is 0 Å². The number of primary sulfonamides is 1. The van der Waals surface area contributed by atoms with Gasteiger partial charge in [-0.25, -0.2) is 18.5 Å². The van der Waals surface area contributed by atoms with Crippen molar-refractivity contribution in [1.82, 2.24) is 9.47 Å². The van der Waals surface area contributed by atoms with Gasteiger partial charge >= 0.3 is 0 Å². The molecular formula is C25H26N4O3S2. The van der Waals surface area contributed by atoms with Gasteiger partial charge in [0.05, 0.1) is 15.5 Å². The lowest BCUT2D eigenvalue weighted by Gasteiger charge is -2.30. The first-order valence-electron chi connectivity index (χ1n) is 11.3. The van der Waals surface area contributed by atoms with E-state index in [0.29, 0.717) is 15.8 Å². The first-order valence-corrected chi connectivity index (χ1v) is 13.7. The first-order chi connectivity index (χ1) is 16.3. The summed E-state index contributed by atoms with van der Waals surface area (Å²) in [6.07, 6.45) is 9.28. The number of fused-ring (bicyclic) bond motifs is 1. The molecule has 2 heterocycles. The molecule has 1 saturated heterocycles. The third kappa shape index (κ3) is 4.43. The summed E-state index contributed by atoms with van der Waals surface area (Å²) in [5.41, 5.74) is 2.68. The van der Waals surface area contributed by atoms with Crippen molar-refractivity contribution in [3.05, 3.63) is 65.2 Å². The number of nitrogens with zero attached hydrogens (tertiary/aromatic N) is 3. The summed E-state index contributed by atoms with van der Waals surface area (Å²) < 4.78 is 25.2. The largest absolute Gasteiger partial charge is 0.350 e. The van der Waals surface area contributed by atoms with E-state index in [9.17, 15) is 13.2 Å². The van der Waals surface area contributed by atoms with Gasteiger partial charge in [-0.05, 0) is 61.0 Å². The molecular weight excluding hydrogens is 468 g/mol. The Hall–Kier alpha value is -2.88. The lowest BCUT2D eigenvalue weighted by Crippen LogP contribution is -2.40.